The number of aryl methyl sites for hydroxylation is 3. The van der Waals surface area contributed by atoms with Gasteiger partial charge in [0, 0.05) is 13.7 Å². The predicted octanol–water partition coefficient (Wildman–Crippen LogP) is 40.9. The highest BCUT2D eigenvalue weighted by molar-refractivity contribution is 5.82. The van der Waals surface area contributed by atoms with E-state index in [1.54, 1.807) is 58.5 Å². The van der Waals surface area contributed by atoms with Crippen molar-refractivity contribution in [3.05, 3.63) is 205 Å². The number of fused-ring (bicyclic) bond motifs is 4. The third-order valence-electron chi connectivity index (χ3n) is 17.7. The fourth-order valence-corrected chi connectivity index (χ4v) is 12.0. The van der Waals surface area contributed by atoms with Crippen LogP contribution in [0.3, 0.4) is 0 Å². The maximum Gasteiger partial charge on any atom is 0.0781 e. The topological polar surface area (TPSA) is 27.7 Å². The molecule has 13 rings (SSSR count). The van der Waals surface area contributed by atoms with E-state index in [1.807, 2.05) is 179 Å². The summed E-state index contributed by atoms with van der Waals surface area (Å²) in [5.41, 5.74) is 3.97. The van der Waals surface area contributed by atoms with E-state index in [9.17, 15) is 0 Å². The molecule has 0 aromatic heterocycles. The number of ether oxygens (including phenoxy) is 3. The van der Waals surface area contributed by atoms with Gasteiger partial charge >= 0.3 is 0 Å². The van der Waals surface area contributed by atoms with Gasteiger partial charge in [-0.25, -0.2) is 0 Å². The largest absolute Gasteiger partial charge is 0.385 e. The molecular formula is C112H220O3. The van der Waals surface area contributed by atoms with E-state index in [0.717, 1.165) is 61.7 Å². The lowest BCUT2D eigenvalue weighted by molar-refractivity contribution is -0.119. The van der Waals surface area contributed by atoms with Gasteiger partial charge in [0.2, 0.25) is 0 Å². The zero-order valence-corrected chi connectivity index (χ0v) is 75.3. The maximum atomic E-state index is 5.27. The Labute approximate surface area is 733 Å². The van der Waals surface area contributed by atoms with Gasteiger partial charge in [0.05, 0.1) is 25.4 Å². The monoisotopic (exact) mass is 1610 g/mol. The van der Waals surface area contributed by atoms with Crippen molar-refractivity contribution in [2.45, 2.75) is 434 Å². The van der Waals surface area contributed by atoms with E-state index in [2.05, 4.69) is 203 Å². The molecule has 5 aliphatic carbocycles. The van der Waals surface area contributed by atoms with Gasteiger partial charge in [-0.3, -0.25) is 0 Å². The first-order valence-electron chi connectivity index (χ1n) is 44.1. The Morgan fingerprint density at radius 3 is 0.539 bits per heavy atom. The molecule has 1 saturated heterocycles. The molecule has 0 radical (unpaired) electrons. The van der Waals surface area contributed by atoms with Crippen molar-refractivity contribution in [2.75, 3.05) is 26.9 Å². The van der Waals surface area contributed by atoms with Gasteiger partial charge in [-0.15, -0.1) is 0 Å². The molecule has 3 nitrogen and oxygen atoms in total. The Kier molecular flexibility index (Phi) is 164. The van der Waals surface area contributed by atoms with Crippen molar-refractivity contribution < 1.29 is 14.2 Å². The highest BCUT2D eigenvalue weighted by atomic mass is 16.6. The molecule has 0 spiro atoms. The van der Waals surface area contributed by atoms with Crippen LogP contribution in [-0.2, 0) is 14.2 Å². The van der Waals surface area contributed by atoms with Crippen LogP contribution >= 0.6 is 0 Å². The molecule has 2 unspecified atom stereocenters. The average Bonchev–Trinajstić information content (AvgIpc) is 0.895. The van der Waals surface area contributed by atoms with Crippen LogP contribution in [0.15, 0.2) is 188 Å². The average molecular weight is 1610 g/mol. The molecule has 0 bridgehead atoms. The molecule has 0 N–H and O–H groups in total. The second-order valence-corrected chi connectivity index (χ2v) is 25.8. The maximum absolute atomic E-state index is 5.27. The molecule has 686 valence electrons. The van der Waals surface area contributed by atoms with Gasteiger partial charge in [-0.2, -0.15) is 0 Å². The highest BCUT2D eigenvalue weighted by Crippen LogP contribution is 2.41. The van der Waals surface area contributed by atoms with Gasteiger partial charge in [0.25, 0.3) is 0 Å². The van der Waals surface area contributed by atoms with Gasteiger partial charge in [-0.05, 0) is 111 Å². The molecule has 1 heterocycles. The molecule has 5 saturated carbocycles. The van der Waals surface area contributed by atoms with E-state index in [-0.39, 0.29) is 74.3 Å². The summed E-state index contributed by atoms with van der Waals surface area (Å²) in [7, 11) is 1.71. The summed E-state index contributed by atoms with van der Waals surface area (Å²) in [5.74, 6) is 6.81. The summed E-state index contributed by atoms with van der Waals surface area (Å²) in [6.07, 6.45) is 36.2. The summed E-state index contributed by atoms with van der Waals surface area (Å²) in [4.78, 5) is 0. The second kappa shape index (κ2) is 125. The summed E-state index contributed by atoms with van der Waals surface area (Å²) in [6, 6.07) is 64.2. The molecule has 1 aliphatic heterocycles. The molecule has 7 aromatic rings. The van der Waals surface area contributed by atoms with E-state index in [4.69, 9.17) is 14.2 Å². The van der Waals surface area contributed by atoms with Gasteiger partial charge in [0.1, 0.15) is 0 Å². The van der Waals surface area contributed by atoms with E-state index in [0.29, 0.717) is 12.2 Å². The fourth-order valence-electron chi connectivity index (χ4n) is 12.0. The minimum Gasteiger partial charge on any atom is -0.385 e. The smallest absolute Gasteiger partial charge is 0.0781 e. The third kappa shape index (κ3) is 92.7. The number of rotatable bonds is 5. The summed E-state index contributed by atoms with van der Waals surface area (Å²) in [5, 5.41) is 5.24. The molecule has 2 atom stereocenters. The normalized spacial score (nSPS) is 16.9. The van der Waals surface area contributed by atoms with Crippen molar-refractivity contribution >= 4 is 21.5 Å². The lowest BCUT2D eigenvalue weighted by Gasteiger charge is -2.35. The zero-order valence-electron chi connectivity index (χ0n) is 75.3. The van der Waals surface area contributed by atoms with Crippen molar-refractivity contribution in [1.82, 2.24) is 0 Å². The van der Waals surface area contributed by atoms with Crippen LogP contribution < -0.4 is 0 Å². The standard InChI is InChI=1S/2C10H18.2C10H8.C8H16.3C7H8.C6H12O2.C4H10O.C4H10.C3H8.8C2H6.10CH4/c4*1-2-6-10-8-4-3-7-9(10)5-1;1-3-7-5-8(4-2)6-7;3*1-7-5-3-2-4-6-7;1-5-3-8-6(2)4-7-5;1-3-4-5-2;1-3-4-2;1-3-2;8*1-2;;;;;;;;;;/h2*9-10H,1-8H2;2*1-8H;7-8H,3-6H2,1-2H3;3*2-6H,1H3;5-6H,3-4H2,1-2H3;3-4H2,1-2H3;3-4H2,1-2H3;3H2,1-2H3;8*1-2H3;10*1H4. The first kappa shape index (κ1) is 151. The molecule has 115 heavy (non-hydrogen) atoms. The van der Waals surface area contributed by atoms with Gasteiger partial charge < -0.3 is 14.2 Å². The van der Waals surface area contributed by atoms with E-state index < -0.39 is 0 Å². The molecule has 0 amide bonds. The van der Waals surface area contributed by atoms with Crippen LogP contribution in [0.4, 0.5) is 0 Å². The Morgan fingerprint density at radius 1 is 0.270 bits per heavy atom. The van der Waals surface area contributed by atoms with Crippen molar-refractivity contribution in [3.8, 4) is 0 Å². The third-order valence-corrected chi connectivity index (χ3v) is 17.7. The minimum atomic E-state index is 0. The number of benzene rings is 7. The number of unbranched alkanes of at least 4 members (excludes halogenated alkanes) is 1. The van der Waals surface area contributed by atoms with Crippen molar-refractivity contribution in [2.24, 2.45) is 35.5 Å². The Hall–Kier alpha value is -5.06. The highest BCUT2D eigenvalue weighted by Gasteiger charge is 2.28. The minimum absolute atomic E-state index is 0. The summed E-state index contributed by atoms with van der Waals surface area (Å²) in [6.45, 7) is 60.0. The lowest BCUT2D eigenvalue weighted by atomic mass is 9.71. The fraction of sp³-hybridized carbons (Fsp3) is 0.661. The van der Waals surface area contributed by atoms with Crippen LogP contribution in [0.25, 0.3) is 21.5 Å². The summed E-state index contributed by atoms with van der Waals surface area (Å²) >= 11 is 0. The van der Waals surface area contributed by atoms with Crippen LogP contribution in [0, 0.1) is 56.3 Å². The lowest BCUT2D eigenvalue weighted by Crippen LogP contribution is -2.31. The SMILES string of the molecule is C.C.C.C.C.C.C.C.C.C.C1CCC2CCCCC2C1.C1CCC2CCCCC2C1.CC.CC.CC.CC.CC.CC.CC.CC.CC1COC(C)CO1.CCC.CCC1CC(CC)C1.CCCC.CCCOC.Cc1ccccc1.Cc1ccccc1.Cc1ccccc1.c1ccc2ccccc2c1.c1ccc2ccccc2c1. The van der Waals surface area contributed by atoms with E-state index >= 15 is 0 Å². The van der Waals surface area contributed by atoms with Crippen molar-refractivity contribution in [1.29, 1.82) is 0 Å². The Morgan fingerprint density at radius 2 is 0.435 bits per heavy atom. The number of hydrogen-bond donors (Lipinski definition) is 0. The van der Waals surface area contributed by atoms with Crippen LogP contribution in [0.1, 0.15) is 418 Å². The molecular weight excluding hydrogens is 1390 g/mol. The first-order valence-corrected chi connectivity index (χ1v) is 44.1. The second-order valence-electron chi connectivity index (χ2n) is 25.8. The first-order chi connectivity index (χ1) is 51.4. The van der Waals surface area contributed by atoms with Gasteiger partial charge in [0.15, 0.2) is 0 Å². The van der Waals surface area contributed by atoms with Crippen LogP contribution in [0.2, 0.25) is 0 Å². The van der Waals surface area contributed by atoms with Gasteiger partial charge in [-0.1, -0.05) is 573 Å². The number of methoxy groups -OCH3 is 1. The van der Waals surface area contributed by atoms with E-state index in [1.165, 1.54) is 135 Å². The molecule has 3 heteroatoms. The molecule has 7 aromatic carbocycles. The summed E-state index contributed by atoms with van der Waals surface area (Å²) < 4.78 is 15.2. The van der Waals surface area contributed by atoms with Crippen molar-refractivity contribution in [3.63, 3.8) is 0 Å². The Balaban J connectivity index is -0.0000000598. The Bertz CT molecular complexity index is 2190. The predicted molar refractivity (Wildman–Crippen MR) is 554 cm³/mol. The molecule has 6 aliphatic rings. The quantitative estimate of drug-likeness (QED) is 0.172. The van der Waals surface area contributed by atoms with Crippen LogP contribution in [-0.4, -0.2) is 39.1 Å². The molecule has 6 fully saturated rings. The zero-order chi connectivity index (χ0) is 80.8. The number of hydrogen-bond acceptors (Lipinski definition) is 3. The van der Waals surface area contributed by atoms with Crippen LogP contribution in [0.5, 0.6) is 0 Å².